The molecule has 0 spiro atoms. The number of halogens is 1. The van der Waals surface area contributed by atoms with Gasteiger partial charge in [0.1, 0.15) is 0 Å². The summed E-state index contributed by atoms with van der Waals surface area (Å²) in [6, 6.07) is 12.3. The van der Waals surface area contributed by atoms with Crippen molar-refractivity contribution in [2.45, 2.75) is 6.23 Å². The van der Waals surface area contributed by atoms with Gasteiger partial charge in [-0.05, 0) is 35.2 Å². The van der Waals surface area contributed by atoms with E-state index in [4.69, 9.17) is 33.6 Å². The lowest BCUT2D eigenvalue weighted by molar-refractivity contribution is 0.103. The zero-order chi connectivity index (χ0) is 23.0. The van der Waals surface area contributed by atoms with Gasteiger partial charge in [0.05, 0.1) is 19.9 Å². The molecule has 0 saturated heterocycles. The van der Waals surface area contributed by atoms with E-state index in [-0.39, 0.29) is 13.0 Å². The van der Waals surface area contributed by atoms with Crippen LogP contribution >= 0.6 is 15.9 Å². The van der Waals surface area contributed by atoms with Gasteiger partial charge in [-0.25, -0.2) is 4.79 Å². The molecular weight excluding hydrogens is 482 g/mol. The van der Waals surface area contributed by atoms with Crippen molar-refractivity contribution >= 4 is 37.3 Å². The van der Waals surface area contributed by atoms with Gasteiger partial charge in [0.2, 0.25) is 6.79 Å². The molecule has 0 bridgehead atoms. The van der Waals surface area contributed by atoms with Gasteiger partial charge in [0, 0.05) is 46.6 Å². The second kappa shape index (κ2) is 8.76. The summed E-state index contributed by atoms with van der Waals surface area (Å²) in [6.07, 6.45) is -0.252. The average Bonchev–Trinajstić information content (AvgIpc) is 3.23. The summed E-state index contributed by atoms with van der Waals surface area (Å²) >= 11 is 2.19. The number of benzene rings is 3. The van der Waals surface area contributed by atoms with Crippen LogP contribution in [0.4, 0.5) is 10.5 Å². The zero-order valence-electron chi connectivity index (χ0n) is 18.0. The van der Waals surface area contributed by atoms with E-state index in [0.29, 0.717) is 11.5 Å². The van der Waals surface area contributed by atoms with Crippen LogP contribution in [0.3, 0.4) is 0 Å². The van der Waals surface area contributed by atoms with Gasteiger partial charge in [-0.2, -0.15) is 0 Å². The SMILES string of the molecule is COc1cc2c(cc1OC)C(OC)N(C)c1c-2ccc2cc3c(cc12)OCO3.O=C(O)Br. The summed E-state index contributed by atoms with van der Waals surface area (Å²) in [7, 11) is 7.04. The average molecular weight is 504 g/mol. The maximum Gasteiger partial charge on any atom is 0.372 e. The molecule has 0 fully saturated rings. The summed E-state index contributed by atoms with van der Waals surface area (Å²) in [6.45, 7) is 0.254. The lowest BCUT2D eigenvalue weighted by atomic mass is 9.89. The van der Waals surface area contributed by atoms with Gasteiger partial charge >= 0.3 is 4.88 Å². The molecule has 9 heteroatoms. The molecule has 1 atom stereocenters. The van der Waals surface area contributed by atoms with Crippen molar-refractivity contribution in [3.8, 4) is 34.1 Å². The molecule has 2 aliphatic heterocycles. The smallest absolute Gasteiger partial charge is 0.372 e. The molecule has 0 radical (unpaired) electrons. The van der Waals surface area contributed by atoms with Crippen molar-refractivity contribution in [1.82, 2.24) is 0 Å². The molecule has 3 aromatic carbocycles. The predicted octanol–water partition coefficient (Wildman–Crippen LogP) is 5.41. The number of fused-ring (bicyclic) bond motifs is 6. The third kappa shape index (κ3) is 3.67. The minimum absolute atomic E-state index is 0.252. The topological polar surface area (TPSA) is 86.7 Å². The number of rotatable bonds is 3. The van der Waals surface area contributed by atoms with Crippen LogP contribution in [-0.2, 0) is 4.74 Å². The number of methoxy groups -OCH3 is 3. The van der Waals surface area contributed by atoms with Crippen molar-refractivity contribution in [1.29, 1.82) is 0 Å². The van der Waals surface area contributed by atoms with Crippen LogP contribution in [-0.4, -0.2) is 45.2 Å². The Kier molecular flexibility index (Phi) is 6.03. The highest BCUT2D eigenvalue weighted by Crippen LogP contribution is 2.51. The third-order valence-corrected chi connectivity index (χ3v) is 5.52. The number of carboxylic acid groups (broad SMARTS) is 1. The number of hydrogen-bond acceptors (Lipinski definition) is 7. The molecule has 3 aromatic rings. The molecule has 1 unspecified atom stereocenters. The molecule has 0 amide bonds. The monoisotopic (exact) mass is 503 g/mol. The van der Waals surface area contributed by atoms with Crippen LogP contribution in [0.2, 0.25) is 0 Å². The first-order chi connectivity index (χ1) is 15.4. The van der Waals surface area contributed by atoms with E-state index in [1.165, 1.54) is 0 Å². The van der Waals surface area contributed by atoms with E-state index >= 15 is 0 Å². The lowest BCUT2D eigenvalue weighted by Crippen LogP contribution is -2.30. The van der Waals surface area contributed by atoms with Crippen LogP contribution in [0, 0.1) is 0 Å². The Balaban J connectivity index is 0.000000567. The van der Waals surface area contributed by atoms with E-state index in [1.54, 1.807) is 21.3 Å². The van der Waals surface area contributed by atoms with E-state index < -0.39 is 4.88 Å². The Morgan fingerprint density at radius 1 is 1.03 bits per heavy atom. The maximum absolute atomic E-state index is 8.92. The van der Waals surface area contributed by atoms with Crippen LogP contribution in [0.15, 0.2) is 36.4 Å². The lowest BCUT2D eigenvalue weighted by Gasteiger charge is -2.37. The predicted molar refractivity (Wildman–Crippen MR) is 124 cm³/mol. The number of nitrogens with zero attached hydrogens (tertiary/aromatic N) is 1. The Morgan fingerprint density at radius 3 is 2.28 bits per heavy atom. The molecule has 5 rings (SSSR count). The van der Waals surface area contributed by atoms with E-state index in [2.05, 4.69) is 33.0 Å². The van der Waals surface area contributed by atoms with Gasteiger partial charge in [-0.1, -0.05) is 12.1 Å². The molecular formula is C23H22BrNO7. The second-order valence-corrected chi connectivity index (χ2v) is 7.81. The Bertz CT molecular complexity index is 1190. The molecule has 8 nitrogen and oxygen atoms in total. The minimum atomic E-state index is -1.02. The molecule has 168 valence electrons. The van der Waals surface area contributed by atoms with Crippen molar-refractivity contribution in [3.05, 3.63) is 42.0 Å². The number of anilines is 1. The number of carbonyl (C=O) groups is 1. The number of ether oxygens (including phenoxy) is 5. The van der Waals surface area contributed by atoms with Gasteiger partial charge in [0.15, 0.2) is 29.2 Å². The third-order valence-electron chi connectivity index (χ3n) is 5.52. The fraction of sp³-hybridized carbons (Fsp3) is 0.261. The van der Waals surface area contributed by atoms with Crippen LogP contribution in [0.25, 0.3) is 21.9 Å². The quantitative estimate of drug-likeness (QED) is 0.475. The first-order valence-electron chi connectivity index (χ1n) is 9.66. The van der Waals surface area contributed by atoms with Crippen molar-refractivity contribution in [2.24, 2.45) is 0 Å². The van der Waals surface area contributed by atoms with E-state index in [1.807, 2.05) is 31.3 Å². The standard InChI is InChI=1S/C22H21NO5.CHBrO2/c1-23-21-13(6-5-12-7-19-20(8-14(12)21)28-11-27-19)15-9-17(24-2)18(25-3)10-16(15)22(23)26-4;2-1(3)4/h5-10,22H,11H2,1-4H3;(H,3,4). The fourth-order valence-electron chi connectivity index (χ4n) is 4.24. The Morgan fingerprint density at radius 2 is 1.66 bits per heavy atom. The normalized spacial score (nSPS) is 15.4. The van der Waals surface area contributed by atoms with Crippen molar-refractivity contribution in [2.75, 3.05) is 40.1 Å². The van der Waals surface area contributed by atoms with Crippen LogP contribution in [0.1, 0.15) is 11.8 Å². The number of hydrogen-bond donors (Lipinski definition) is 1. The van der Waals surface area contributed by atoms with Crippen LogP contribution < -0.4 is 23.8 Å². The second-order valence-electron chi connectivity index (χ2n) is 7.13. The first kappa shape index (κ1) is 22.0. The summed E-state index contributed by atoms with van der Waals surface area (Å²) < 4.78 is 28.1. The molecule has 0 saturated carbocycles. The first-order valence-corrected chi connectivity index (χ1v) is 10.5. The van der Waals surface area contributed by atoms with Gasteiger partial charge < -0.3 is 33.7 Å². The van der Waals surface area contributed by atoms with Gasteiger partial charge in [-0.3, -0.25) is 0 Å². The molecule has 0 aromatic heterocycles. The minimum Gasteiger partial charge on any atom is -0.493 e. The largest absolute Gasteiger partial charge is 0.493 e. The summed E-state index contributed by atoms with van der Waals surface area (Å²) in [5.74, 6) is 2.92. The highest BCUT2D eigenvalue weighted by atomic mass is 79.9. The fourth-order valence-corrected chi connectivity index (χ4v) is 4.24. The van der Waals surface area contributed by atoms with Gasteiger partial charge in [0.25, 0.3) is 0 Å². The molecule has 2 aliphatic rings. The Labute approximate surface area is 193 Å². The van der Waals surface area contributed by atoms with Crippen molar-refractivity contribution in [3.63, 3.8) is 0 Å². The van der Waals surface area contributed by atoms with Gasteiger partial charge in [-0.15, -0.1) is 0 Å². The summed E-state index contributed by atoms with van der Waals surface area (Å²) in [5.41, 5.74) is 4.30. The highest BCUT2D eigenvalue weighted by molar-refractivity contribution is 9.18. The molecule has 32 heavy (non-hydrogen) atoms. The molecule has 1 N–H and O–H groups in total. The summed E-state index contributed by atoms with van der Waals surface area (Å²) in [5, 5.41) is 9.51. The van der Waals surface area contributed by atoms with E-state index in [0.717, 1.165) is 44.6 Å². The van der Waals surface area contributed by atoms with Crippen molar-refractivity contribution < 1.29 is 33.6 Å². The molecule has 2 heterocycles. The Hall–Kier alpha value is -3.17. The van der Waals surface area contributed by atoms with Crippen LogP contribution in [0.5, 0.6) is 23.0 Å². The maximum atomic E-state index is 8.92. The molecule has 0 aliphatic carbocycles. The summed E-state index contributed by atoms with van der Waals surface area (Å²) in [4.78, 5) is 10.0. The van der Waals surface area contributed by atoms with E-state index in [9.17, 15) is 0 Å². The zero-order valence-corrected chi connectivity index (χ0v) is 19.6. The highest BCUT2D eigenvalue weighted by Gasteiger charge is 2.32.